The summed E-state index contributed by atoms with van der Waals surface area (Å²) in [5.41, 5.74) is 5.52. The fraction of sp³-hybridized carbons (Fsp3) is 0.320. The summed E-state index contributed by atoms with van der Waals surface area (Å²) in [5.74, 6) is 0.928. The van der Waals surface area contributed by atoms with E-state index in [2.05, 4.69) is 58.5 Å². The minimum absolute atomic E-state index is 0.0272. The Kier molecular flexibility index (Phi) is 6.07. The third-order valence-corrected chi connectivity index (χ3v) is 5.90. The van der Waals surface area contributed by atoms with Crippen LogP contribution in [-0.4, -0.2) is 29.2 Å². The summed E-state index contributed by atoms with van der Waals surface area (Å²) in [6.45, 7) is 6.31. The van der Waals surface area contributed by atoms with Crippen LogP contribution >= 0.6 is 0 Å². The largest absolute Gasteiger partial charge is 0.354 e. The molecule has 0 bridgehead atoms. The standard InChI is InChI=1S/C25H28N4O/c1-18-8-3-5-10-20(18)16-26-25(30)21-11-7-15-29(17-21)24-14-13-23(27-28-24)22-12-6-4-9-19(22)2/h3-6,8-10,12-14,21H,7,11,15-17H2,1-2H3,(H,26,30)/t21-/m1/s1. The molecule has 5 nitrogen and oxygen atoms in total. The second kappa shape index (κ2) is 9.08. The van der Waals surface area contributed by atoms with Crippen molar-refractivity contribution in [2.45, 2.75) is 33.2 Å². The lowest BCUT2D eigenvalue weighted by Gasteiger charge is -2.32. The van der Waals surface area contributed by atoms with Gasteiger partial charge in [-0.15, -0.1) is 10.2 Å². The van der Waals surface area contributed by atoms with Gasteiger partial charge in [0.2, 0.25) is 5.91 Å². The molecule has 0 saturated carbocycles. The number of aromatic nitrogens is 2. The average Bonchev–Trinajstić information content (AvgIpc) is 2.79. The van der Waals surface area contributed by atoms with Crippen molar-refractivity contribution in [1.29, 1.82) is 0 Å². The number of carbonyl (C=O) groups excluding carboxylic acids is 1. The van der Waals surface area contributed by atoms with E-state index in [-0.39, 0.29) is 11.8 Å². The molecule has 0 spiro atoms. The normalized spacial score (nSPS) is 16.3. The zero-order chi connectivity index (χ0) is 20.9. The Hall–Kier alpha value is -3.21. The van der Waals surface area contributed by atoms with Crippen LogP contribution in [0.1, 0.15) is 29.5 Å². The number of nitrogens with zero attached hydrogens (tertiary/aromatic N) is 3. The predicted octanol–water partition coefficient (Wildman–Crippen LogP) is 4.29. The zero-order valence-corrected chi connectivity index (χ0v) is 17.6. The molecule has 1 aliphatic heterocycles. The lowest BCUT2D eigenvalue weighted by molar-refractivity contribution is -0.125. The van der Waals surface area contributed by atoms with E-state index in [1.54, 1.807) is 0 Å². The topological polar surface area (TPSA) is 58.1 Å². The highest BCUT2D eigenvalue weighted by Gasteiger charge is 2.26. The first-order valence-corrected chi connectivity index (χ1v) is 10.6. The molecule has 5 heteroatoms. The molecule has 1 aromatic heterocycles. The van der Waals surface area contributed by atoms with E-state index >= 15 is 0 Å². The smallest absolute Gasteiger partial charge is 0.225 e. The van der Waals surface area contributed by atoms with Crippen molar-refractivity contribution in [2.75, 3.05) is 18.0 Å². The van der Waals surface area contributed by atoms with Gasteiger partial charge in [0.05, 0.1) is 11.6 Å². The molecule has 0 radical (unpaired) electrons. The Morgan fingerprint density at radius 1 is 1.00 bits per heavy atom. The van der Waals surface area contributed by atoms with Gasteiger partial charge in [-0.25, -0.2) is 0 Å². The van der Waals surface area contributed by atoms with Crippen molar-refractivity contribution >= 4 is 11.7 Å². The summed E-state index contributed by atoms with van der Waals surface area (Å²) < 4.78 is 0. The maximum Gasteiger partial charge on any atom is 0.225 e. The quantitative estimate of drug-likeness (QED) is 0.694. The van der Waals surface area contributed by atoms with Gasteiger partial charge in [0.25, 0.3) is 0 Å². The number of nitrogens with one attached hydrogen (secondary N) is 1. The van der Waals surface area contributed by atoms with Gasteiger partial charge in [-0.1, -0.05) is 48.5 Å². The van der Waals surface area contributed by atoms with E-state index in [0.717, 1.165) is 42.0 Å². The number of aryl methyl sites for hydroxylation is 2. The van der Waals surface area contributed by atoms with Crippen molar-refractivity contribution in [3.63, 3.8) is 0 Å². The van der Waals surface area contributed by atoms with Crippen LogP contribution < -0.4 is 10.2 Å². The van der Waals surface area contributed by atoms with E-state index in [9.17, 15) is 4.79 Å². The third kappa shape index (κ3) is 4.51. The molecule has 1 fully saturated rings. The number of carbonyl (C=O) groups is 1. The first-order chi connectivity index (χ1) is 14.6. The first kappa shape index (κ1) is 20.1. The van der Waals surface area contributed by atoms with Crippen molar-refractivity contribution in [1.82, 2.24) is 15.5 Å². The lowest BCUT2D eigenvalue weighted by Crippen LogP contribution is -2.43. The second-order valence-corrected chi connectivity index (χ2v) is 8.02. The lowest BCUT2D eigenvalue weighted by atomic mass is 9.97. The van der Waals surface area contributed by atoms with Gasteiger partial charge in [-0.3, -0.25) is 4.79 Å². The van der Waals surface area contributed by atoms with Gasteiger partial charge in [0.1, 0.15) is 0 Å². The van der Waals surface area contributed by atoms with Crippen LogP contribution in [0.4, 0.5) is 5.82 Å². The molecule has 1 amide bonds. The van der Waals surface area contributed by atoms with Crippen molar-refractivity contribution in [3.8, 4) is 11.3 Å². The maximum atomic E-state index is 12.8. The Bertz CT molecular complexity index is 1020. The highest BCUT2D eigenvalue weighted by molar-refractivity contribution is 5.79. The minimum atomic E-state index is -0.0272. The van der Waals surface area contributed by atoms with Crippen LogP contribution in [0, 0.1) is 19.8 Å². The maximum absolute atomic E-state index is 12.8. The van der Waals surface area contributed by atoms with Crippen LogP contribution in [0.15, 0.2) is 60.7 Å². The zero-order valence-electron chi connectivity index (χ0n) is 17.6. The van der Waals surface area contributed by atoms with Crippen molar-refractivity contribution < 1.29 is 4.79 Å². The molecule has 30 heavy (non-hydrogen) atoms. The monoisotopic (exact) mass is 400 g/mol. The van der Waals surface area contributed by atoms with Gasteiger partial charge >= 0.3 is 0 Å². The third-order valence-electron chi connectivity index (χ3n) is 5.90. The molecule has 1 atom stereocenters. The summed E-state index contributed by atoms with van der Waals surface area (Å²) in [7, 11) is 0. The van der Waals surface area contributed by atoms with Crippen molar-refractivity contribution in [3.05, 3.63) is 77.4 Å². The van der Waals surface area contributed by atoms with Gasteiger partial charge < -0.3 is 10.2 Å². The molecule has 2 heterocycles. The molecule has 1 N–H and O–H groups in total. The van der Waals surface area contributed by atoms with Gasteiger partial charge in [0, 0.05) is 25.2 Å². The number of hydrogen-bond donors (Lipinski definition) is 1. The molecule has 0 unspecified atom stereocenters. The highest BCUT2D eigenvalue weighted by atomic mass is 16.1. The van der Waals surface area contributed by atoms with Crippen molar-refractivity contribution in [2.24, 2.45) is 5.92 Å². The SMILES string of the molecule is Cc1ccccc1CNC(=O)[C@@H]1CCCN(c2ccc(-c3ccccc3C)nn2)C1. The molecule has 0 aliphatic carbocycles. The van der Waals surface area contributed by atoms with Crippen LogP contribution in [-0.2, 0) is 11.3 Å². The van der Waals surface area contributed by atoms with E-state index in [1.807, 2.05) is 36.4 Å². The van der Waals surface area contributed by atoms with Gasteiger partial charge in [-0.05, 0) is 55.5 Å². The summed E-state index contributed by atoms with van der Waals surface area (Å²) in [6, 6.07) is 20.4. The molecular weight excluding hydrogens is 372 g/mol. The predicted molar refractivity (Wildman–Crippen MR) is 120 cm³/mol. The van der Waals surface area contributed by atoms with Crippen LogP contribution in [0.3, 0.4) is 0 Å². The molecule has 154 valence electrons. The number of anilines is 1. The fourth-order valence-electron chi connectivity index (χ4n) is 4.03. The summed E-state index contributed by atoms with van der Waals surface area (Å²) in [5, 5.41) is 12.0. The van der Waals surface area contributed by atoms with E-state index in [1.165, 1.54) is 11.1 Å². The summed E-state index contributed by atoms with van der Waals surface area (Å²) in [6.07, 6.45) is 1.88. The van der Waals surface area contributed by atoms with Crippen LogP contribution in [0.25, 0.3) is 11.3 Å². The molecule has 1 aliphatic rings. The Morgan fingerprint density at radius 2 is 1.77 bits per heavy atom. The number of amides is 1. The number of hydrogen-bond acceptors (Lipinski definition) is 4. The molecule has 1 saturated heterocycles. The van der Waals surface area contributed by atoms with Crippen LogP contribution in [0.5, 0.6) is 0 Å². The molecule has 2 aromatic carbocycles. The number of rotatable bonds is 5. The summed E-state index contributed by atoms with van der Waals surface area (Å²) in [4.78, 5) is 14.9. The number of benzene rings is 2. The average molecular weight is 401 g/mol. The Balaban J connectivity index is 1.39. The Morgan fingerprint density at radius 3 is 2.50 bits per heavy atom. The fourth-order valence-corrected chi connectivity index (χ4v) is 4.03. The minimum Gasteiger partial charge on any atom is -0.354 e. The van der Waals surface area contributed by atoms with Gasteiger partial charge in [-0.2, -0.15) is 0 Å². The molecular formula is C25H28N4O. The van der Waals surface area contributed by atoms with E-state index in [4.69, 9.17) is 0 Å². The molecule has 4 rings (SSSR count). The van der Waals surface area contributed by atoms with E-state index < -0.39 is 0 Å². The number of piperidine rings is 1. The molecule has 3 aromatic rings. The Labute approximate surface area is 178 Å². The van der Waals surface area contributed by atoms with Gasteiger partial charge in [0.15, 0.2) is 5.82 Å². The summed E-state index contributed by atoms with van der Waals surface area (Å²) >= 11 is 0. The second-order valence-electron chi connectivity index (χ2n) is 8.02. The van der Waals surface area contributed by atoms with E-state index in [0.29, 0.717) is 13.1 Å². The van der Waals surface area contributed by atoms with Crippen LogP contribution in [0.2, 0.25) is 0 Å². The highest BCUT2D eigenvalue weighted by Crippen LogP contribution is 2.25. The first-order valence-electron chi connectivity index (χ1n) is 10.6.